The molecule has 7 nitrogen and oxygen atoms in total. The van der Waals surface area contributed by atoms with Gasteiger partial charge in [0, 0.05) is 30.1 Å². The van der Waals surface area contributed by atoms with Crippen molar-refractivity contribution in [2.45, 2.75) is 12.8 Å². The maximum Gasteiger partial charge on any atom is 0.270 e. The van der Waals surface area contributed by atoms with Gasteiger partial charge in [0.25, 0.3) is 17.5 Å². The van der Waals surface area contributed by atoms with Crippen LogP contribution in [0.5, 0.6) is 0 Å². The van der Waals surface area contributed by atoms with E-state index in [0.717, 1.165) is 30.2 Å². The summed E-state index contributed by atoms with van der Waals surface area (Å²) in [4.78, 5) is 38.3. The van der Waals surface area contributed by atoms with Crippen LogP contribution in [0.1, 0.15) is 32.0 Å². The number of thiophene rings is 1. The summed E-state index contributed by atoms with van der Waals surface area (Å²) in [5, 5.41) is 15.7. The smallest absolute Gasteiger partial charge is 0.270 e. The number of hydrogen-bond donors (Lipinski definition) is 1. The summed E-state index contributed by atoms with van der Waals surface area (Å²) in [6.45, 7) is 0.638. The fourth-order valence-electron chi connectivity index (χ4n) is 3.42. The molecule has 1 N–H and O–H groups in total. The number of nitro groups is 1. The van der Waals surface area contributed by atoms with Gasteiger partial charge in [0.05, 0.1) is 20.4 Å². The van der Waals surface area contributed by atoms with Crippen LogP contribution in [-0.2, 0) is 6.42 Å². The Morgan fingerprint density at radius 1 is 1.17 bits per heavy atom. The van der Waals surface area contributed by atoms with E-state index in [4.69, 9.17) is 11.6 Å². The van der Waals surface area contributed by atoms with Gasteiger partial charge in [-0.25, -0.2) is 0 Å². The number of nitrogens with one attached hydrogen (secondary N) is 1. The number of aryl methyl sites for hydroxylation is 1. The lowest BCUT2D eigenvalue weighted by molar-refractivity contribution is -0.384. The van der Waals surface area contributed by atoms with E-state index in [1.165, 1.54) is 23.5 Å². The third-order valence-corrected chi connectivity index (χ3v) is 6.03. The van der Waals surface area contributed by atoms with Crippen molar-refractivity contribution in [3.8, 4) is 0 Å². The molecule has 0 spiro atoms. The summed E-state index contributed by atoms with van der Waals surface area (Å²) in [5.41, 5.74) is 2.13. The van der Waals surface area contributed by atoms with Crippen LogP contribution in [0.15, 0.2) is 53.9 Å². The highest BCUT2D eigenvalue weighted by molar-refractivity contribution is 7.12. The van der Waals surface area contributed by atoms with E-state index in [9.17, 15) is 19.7 Å². The van der Waals surface area contributed by atoms with E-state index in [-0.39, 0.29) is 22.2 Å². The van der Waals surface area contributed by atoms with Gasteiger partial charge in [0.2, 0.25) is 0 Å². The van der Waals surface area contributed by atoms with E-state index < -0.39 is 10.8 Å². The second-order valence-electron chi connectivity index (χ2n) is 6.76. The van der Waals surface area contributed by atoms with E-state index in [1.54, 1.807) is 17.0 Å². The van der Waals surface area contributed by atoms with Crippen molar-refractivity contribution in [2.24, 2.45) is 0 Å². The number of anilines is 2. The first-order valence-corrected chi connectivity index (χ1v) is 10.4. The van der Waals surface area contributed by atoms with Gasteiger partial charge in [-0.15, -0.1) is 11.3 Å². The van der Waals surface area contributed by atoms with Crippen molar-refractivity contribution < 1.29 is 14.5 Å². The Morgan fingerprint density at radius 2 is 2.00 bits per heavy atom. The summed E-state index contributed by atoms with van der Waals surface area (Å²) < 4.78 is 0. The highest BCUT2D eigenvalue weighted by Gasteiger charge is 2.25. The van der Waals surface area contributed by atoms with Gasteiger partial charge in [0.1, 0.15) is 0 Å². The summed E-state index contributed by atoms with van der Waals surface area (Å²) in [6, 6.07) is 12.7. The number of rotatable bonds is 4. The van der Waals surface area contributed by atoms with Crippen LogP contribution >= 0.6 is 22.9 Å². The molecule has 1 aliphatic heterocycles. The summed E-state index contributed by atoms with van der Waals surface area (Å²) in [6.07, 6.45) is 1.60. The van der Waals surface area contributed by atoms with Crippen molar-refractivity contribution in [2.75, 3.05) is 16.8 Å². The fourth-order valence-corrected chi connectivity index (χ4v) is 4.29. The van der Waals surface area contributed by atoms with Gasteiger partial charge in [0.15, 0.2) is 0 Å². The number of amides is 2. The zero-order chi connectivity index (χ0) is 21.3. The number of hydrogen-bond acceptors (Lipinski definition) is 5. The topological polar surface area (TPSA) is 92.6 Å². The number of benzene rings is 2. The molecule has 2 aromatic carbocycles. The predicted octanol–water partition coefficient (Wildman–Crippen LogP) is 5.16. The summed E-state index contributed by atoms with van der Waals surface area (Å²) in [7, 11) is 0. The lowest BCUT2D eigenvalue weighted by Gasteiger charge is -2.29. The van der Waals surface area contributed by atoms with Crippen LogP contribution in [0.3, 0.4) is 0 Å². The van der Waals surface area contributed by atoms with Crippen molar-refractivity contribution in [1.29, 1.82) is 0 Å². The zero-order valence-electron chi connectivity index (χ0n) is 15.6. The maximum atomic E-state index is 12.8. The van der Waals surface area contributed by atoms with Gasteiger partial charge >= 0.3 is 0 Å². The lowest BCUT2D eigenvalue weighted by Crippen LogP contribution is -2.35. The molecule has 0 aliphatic carbocycles. The Balaban J connectivity index is 1.58. The van der Waals surface area contributed by atoms with Gasteiger partial charge < -0.3 is 10.2 Å². The second kappa shape index (κ2) is 8.25. The minimum atomic E-state index is -0.578. The molecule has 0 saturated heterocycles. The third kappa shape index (κ3) is 3.92. The molecule has 0 radical (unpaired) electrons. The third-order valence-electron chi connectivity index (χ3n) is 4.84. The number of nitrogens with zero attached hydrogens (tertiary/aromatic N) is 2. The van der Waals surface area contributed by atoms with Crippen LogP contribution in [0.25, 0.3) is 0 Å². The number of carbonyl (C=O) groups excluding carboxylic acids is 2. The molecule has 4 rings (SSSR count). The molecule has 0 atom stereocenters. The number of halogens is 1. The normalized spacial score (nSPS) is 12.9. The standard InChI is InChI=1S/C21H16ClN3O4S/c22-17-7-6-15(25(28)29)12-16(17)20(26)23-14-5-8-18-13(11-14)3-1-9-24(18)21(27)19-4-2-10-30-19/h2,4-8,10-12H,1,3,9H2,(H,23,26). The molecular formula is C21H16ClN3O4S. The molecule has 1 aliphatic rings. The molecule has 0 fully saturated rings. The lowest BCUT2D eigenvalue weighted by atomic mass is 10.0. The summed E-state index contributed by atoms with van der Waals surface area (Å²) >= 11 is 7.46. The zero-order valence-corrected chi connectivity index (χ0v) is 17.2. The predicted molar refractivity (Wildman–Crippen MR) is 117 cm³/mol. The highest BCUT2D eigenvalue weighted by atomic mass is 35.5. The SMILES string of the molecule is O=C(Nc1ccc2c(c1)CCCN2C(=O)c1cccs1)c1cc([N+](=O)[O-])ccc1Cl. The molecule has 2 amide bonds. The molecule has 2 heterocycles. The fraction of sp³-hybridized carbons (Fsp3) is 0.143. The van der Waals surface area contributed by atoms with Crippen LogP contribution < -0.4 is 10.2 Å². The molecule has 9 heteroatoms. The molecule has 3 aromatic rings. The number of non-ortho nitro benzene ring substituents is 1. The van der Waals surface area contributed by atoms with Crippen molar-refractivity contribution >= 4 is 51.8 Å². The Kier molecular flexibility index (Phi) is 5.52. The van der Waals surface area contributed by atoms with E-state index >= 15 is 0 Å². The van der Waals surface area contributed by atoms with Crippen molar-refractivity contribution in [3.05, 3.63) is 85.1 Å². The van der Waals surface area contributed by atoms with Crippen LogP contribution in [0.4, 0.5) is 17.1 Å². The van der Waals surface area contributed by atoms with E-state index in [0.29, 0.717) is 17.1 Å². The quantitative estimate of drug-likeness (QED) is 0.447. The van der Waals surface area contributed by atoms with Crippen molar-refractivity contribution in [1.82, 2.24) is 0 Å². The molecule has 1 aromatic heterocycles. The van der Waals surface area contributed by atoms with Gasteiger partial charge in [-0.1, -0.05) is 17.7 Å². The van der Waals surface area contributed by atoms with Crippen LogP contribution in [0, 0.1) is 10.1 Å². The monoisotopic (exact) mass is 441 g/mol. The number of fused-ring (bicyclic) bond motifs is 1. The minimum Gasteiger partial charge on any atom is -0.322 e. The first kappa shape index (κ1) is 20.1. The Bertz CT molecular complexity index is 1150. The Hall–Kier alpha value is -3.23. The molecule has 0 unspecified atom stereocenters. The molecule has 0 saturated carbocycles. The first-order valence-electron chi connectivity index (χ1n) is 9.17. The molecule has 0 bridgehead atoms. The second-order valence-corrected chi connectivity index (χ2v) is 8.11. The Morgan fingerprint density at radius 3 is 2.73 bits per heavy atom. The maximum absolute atomic E-state index is 12.8. The largest absolute Gasteiger partial charge is 0.322 e. The average molecular weight is 442 g/mol. The number of carbonyl (C=O) groups is 2. The van der Waals surface area contributed by atoms with E-state index in [2.05, 4.69) is 5.32 Å². The van der Waals surface area contributed by atoms with Crippen LogP contribution in [-0.4, -0.2) is 23.3 Å². The van der Waals surface area contributed by atoms with Gasteiger partial charge in [-0.3, -0.25) is 19.7 Å². The molecule has 152 valence electrons. The minimum absolute atomic E-state index is 0.0260. The van der Waals surface area contributed by atoms with Crippen molar-refractivity contribution in [3.63, 3.8) is 0 Å². The van der Waals surface area contributed by atoms with Gasteiger partial charge in [-0.05, 0) is 54.1 Å². The number of nitro benzene ring substituents is 1. The Labute approximate surface area is 181 Å². The molecular weight excluding hydrogens is 426 g/mol. The van der Waals surface area contributed by atoms with Crippen LogP contribution in [0.2, 0.25) is 5.02 Å². The average Bonchev–Trinajstić information content (AvgIpc) is 3.27. The van der Waals surface area contributed by atoms with Gasteiger partial charge in [-0.2, -0.15) is 0 Å². The first-order chi connectivity index (χ1) is 14.4. The summed E-state index contributed by atoms with van der Waals surface area (Å²) in [5.74, 6) is -0.572. The van der Waals surface area contributed by atoms with E-state index in [1.807, 2.05) is 23.6 Å². The highest BCUT2D eigenvalue weighted by Crippen LogP contribution is 2.32. The molecule has 30 heavy (non-hydrogen) atoms.